The number of hydrogen-bond acceptors (Lipinski definition) is 7. The normalized spacial score (nSPS) is 19.5. The molecule has 32 heavy (non-hydrogen) atoms. The zero-order chi connectivity index (χ0) is 22.1. The van der Waals surface area contributed by atoms with Crippen molar-refractivity contribution in [3.8, 4) is 5.75 Å². The number of piperidine rings is 1. The van der Waals surface area contributed by atoms with Crippen molar-refractivity contribution in [2.45, 2.75) is 31.4 Å². The predicted octanol–water partition coefficient (Wildman–Crippen LogP) is 4.21. The Hall–Kier alpha value is -2.78. The summed E-state index contributed by atoms with van der Waals surface area (Å²) in [7, 11) is 0. The van der Waals surface area contributed by atoms with E-state index in [1.807, 2.05) is 0 Å². The van der Waals surface area contributed by atoms with Crippen molar-refractivity contribution in [1.82, 2.24) is 15.0 Å². The lowest BCUT2D eigenvalue weighted by Gasteiger charge is -2.34. The average molecular weight is 462 g/mol. The molecule has 2 fully saturated rings. The number of ether oxygens (including phenoxy) is 2. The lowest BCUT2D eigenvalue weighted by molar-refractivity contribution is 0.163. The van der Waals surface area contributed by atoms with Gasteiger partial charge in [0.15, 0.2) is 28.8 Å². The number of nitrogens with one attached hydrogen (secondary N) is 1. The number of benzene rings is 1. The molecular weight excluding hydrogens is 440 g/mol. The zero-order valence-corrected chi connectivity index (χ0v) is 18.0. The second kappa shape index (κ2) is 8.99. The highest BCUT2D eigenvalue weighted by Gasteiger charge is 2.27. The maximum atomic E-state index is 13.9. The summed E-state index contributed by atoms with van der Waals surface area (Å²) in [6.07, 6.45) is 2.06. The van der Waals surface area contributed by atoms with E-state index in [0.717, 1.165) is 18.3 Å². The van der Waals surface area contributed by atoms with E-state index in [1.54, 1.807) is 12.1 Å². The van der Waals surface area contributed by atoms with Gasteiger partial charge in [-0.2, -0.15) is 0 Å². The molecule has 4 heterocycles. The van der Waals surface area contributed by atoms with E-state index in [2.05, 4.69) is 15.2 Å². The molecule has 168 valence electrons. The van der Waals surface area contributed by atoms with Crippen LogP contribution in [0.25, 0.3) is 11.2 Å². The lowest BCUT2D eigenvalue weighted by Crippen LogP contribution is -2.39. The third-order valence-corrected chi connectivity index (χ3v) is 5.89. The molecule has 0 aliphatic carbocycles. The summed E-state index contributed by atoms with van der Waals surface area (Å²) in [5.74, 6) is 0.140. The molecule has 0 radical (unpaired) electrons. The van der Waals surface area contributed by atoms with Crippen LogP contribution in [-0.4, -0.2) is 53.4 Å². The van der Waals surface area contributed by atoms with E-state index in [1.165, 1.54) is 12.1 Å². The molecule has 1 aromatic carbocycles. The maximum absolute atomic E-state index is 13.9. The number of pyridine rings is 1. The van der Waals surface area contributed by atoms with E-state index in [9.17, 15) is 8.78 Å². The Kier molecular flexibility index (Phi) is 5.93. The maximum Gasteiger partial charge on any atom is 0.181 e. The Morgan fingerprint density at radius 2 is 1.91 bits per heavy atom. The number of hydrogen-bond donors (Lipinski definition) is 1. The SMILES string of the molecule is Fc1ccc(OC2CCN(c3nc4ccc(Cl)nc4nc3N[C@@H]3CCOC3)CC2)c(F)c1. The molecule has 3 aromatic rings. The second-order valence-electron chi connectivity index (χ2n) is 7.96. The van der Waals surface area contributed by atoms with Gasteiger partial charge in [-0.05, 0) is 30.7 Å². The fourth-order valence-corrected chi connectivity index (χ4v) is 4.15. The number of aromatic nitrogens is 3. The minimum atomic E-state index is -0.691. The standard InChI is InChI=1S/C22H22ClF2N5O2/c23-19-4-2-17-20(28-19)29-21(26-14-7-10-31-12-14)22(27-17)30-8-5-15(6-9-30)32-18-3-1-13(24)11-16(18)25/h1-4,11,14-15H,5-10,12H2,(H,26,28,29)/t14-/m1/s1. The van der Waals surface area contributed by atoms with Crippen molar-refractivity contribution in [2.75, 3.05) is 36.5 Å². The Morgan fingerprint density at radius 1 is 1.06 bits per heavy atom. The number of halogens is 3. The molecular formula is C22H22ClF2N5O2. The van der Waals surface area contributed by atoms with Crippen LogP contribution in [-0.2, 0) is 4.74 Å². The smallest absolute Gasteiger partial charge is 0.181 e. The monoisotopic (exact) mass is 461 g/mol. The summed E-state index contributed by atoms with van der Waals surface area (Å²) in [4.78, 5) is 15.9. The van der Waals surface area contributed by atoms with E-state index < -0.39 is 11.6 Å². The molecule has 0 amide bonds. The van der Waals surface area contributed by atoms with Crippen LogP contribution >= 0.6 is 11.6 Å². The number of rotatable bonds is 5. The van der Waals surface area contributed by atoms with Crippen molar-refractivity contribution in [3.05, 3.63) is 47.1 Å². The minimum absolute atomic E-state index is 0.0712. The second-order valence-corrected chi connectivity index (χ2v) is 8.34. The summed E-state index contributed by atoms with van der Waals surface area (Å²) < 4.78 is 38.3. The third kappa shape index (κ3) is 4.54. The van der Waals surface area contributed by atoms with Crippen LogP contribution in [0.5, 0.6) is 5.75 Å². The Labute approximate surface area is 188 Å². The number of fused-ring (bicyclic) bond motifs is 1. The minimum Gasteiger partial charge on any atom is -0.487 e. The van der Waals surface area contributed by atoms with Gasteiger partial charge in [0.1, 0.15) is 22.6 Å². The highest BCUT2D eigenvalue weighted by molar-refractivity contribution is 6.29. The van der Waals surface area contributed by atoms with Crippen molar-refractivity contribution >= 4 is 34.4 Å². The third-order valence-electron chi connectivity index (χ3n) is 5.68. The summed E-state index contributed by atoms with van der Waals surface area (Å²) in [5, 5.41) is 3.80. The van der Waals surface area contributed by atoms with Crippen molar-refractivity contribution < 1.29 is 18.3 Å². The molecule has 2 aliphatic heterocycles. The highest BCUT2D eigenvalue weighted by atomic mass is 35.5. The fourth-order valence-electron chi connectivity index (χ4n) is 4.01. The van der Waals surface area contributed by atoms with Gasteiger partial charge in [0.2, 0.25) is 0 Å². The van der Waals surface area contributed by atoms with E-state index in [-0.39, 0.29) is 17.9 Å². The van der Waals surface area contributed by atoms with Crippen molar-refractivity contribution in [2.24, 2.45) is 0 Å². The molecule has 0 bridgehead atoms. The van der Waals surface area contributed by atoms with Gasteiger partial charge in [0.05, 0.1) is 12.6 Å². The van der Waals surface area contributed by atoms with Crippen molar-refractivity contribution in [3.63, 3.8) is 0 Å². The number of anilines is 2. The van der Waals surface area contributed by atoms with Crippen LogP contribution < -0.4 is 15.0 Å². The summed E-state index contributed by atoms with van der Waals surface area (Å²) in [6, 6.07) is 7.01. The summed E-state index contributed by atoms with van der Waals surface area (Å²) in [5.41, 5.74) is 1.14. The van der Waals surface area contributed by atoms with Gasteiger partial charge in [-0.25, -0.2) is 23.7 Å². The highest BCUT2D eigenvalue weighted by Crippen LogP contribution is 2.30. The van der Waals surface area contributed by atoms with Gasteiger partial charge in [-0.1, -0.05) is 11.6 Å². The molecule has 2 aliphatic rings. The molecule has 2 saturated heterocycles. The lowest BCUT2D eigenvalue weighted by atomic mass is 10.1. The van der Waals surface area contributed by atoms with Gasteiger partial charge in [0, 0.05) is 38.6 Å². The number of nitrogens with zero attached hydrogens (tertiary/aromatic N) is 4. The molecule has 10 heteroatoms. The van der Waals surface area contributed by atoms with Gasteiger partial charge in [-0.3, -0.25) is 0 Å². The van der Waals surface area contributed by atoms with E-state index >= 15 is 0 Å². The Morgan fingerprint density at radius 3 is 2.66 bits per heavy atom. The fraction of sp³-hybridized carbons (Fsp3) is 0.409. The first-order chi connectivity index (χ1) is 15.5. The first-order valence-electron chi connectivity index (χ1n) is 10.6. The molecule has 0 spiro atoms. The van der Waals surface area contributed by atoms with Crippen LogP contribution in [0.15, 0.2) is 30.3 Å². The molecule has 2 aromatic heterocycles. The molecule has 1 atom stereocenters. The van der Waals surface area contributed by atoms with Crippen LogP contribution in [0.4, 0.5) is 20.4 Å². The summed E-state index contributed by atoms with van der Waals surface area (Å²) in [6.45, 7) is 2.64. The van der Waals surface area contributed by atoms with Gasteiger partial charge in [-0.15, -0.1) is 0 Å². The first-order valence-corrected chi connectivity index (χ1v) is 11.0. The quantitative estimate of drug-likeness (QED) is 0.571. The first kappa shape index (κ1) is 21.1. The molecule has 0 unspecified atom stereocenters. The van der Waals surface area contributed by atoms with Gasteiger partial charge < -0.3 is 19.7 Å². The summed E-state index contributed by atoms with van der Waals surface area (Å²) >= 11 is 6.04. The van der Waals surface area contributed by atoms with Crippen LogP contribution in [0.2, 0.25) is 5.15 Å². The largest absolute Gasteiger partial charge is 0.487 e. The van der Waals surface area contributed by atoms with Crippen LogP contribution in [0, 0.1) is 11.6 Å². The van der Waals surface area contributed by atoms with Crippen molar-refractivity contribution in [1.29, 1.82) is 0 Å². The van der Waals surface area contributed by atoms with Gasteiger partial charge in [0.25, 0.3) is 0 Å². The molecule has 7 nitrogen and oxygen atoms in total. The van der Waals surface area contributed by atoms with Crippen LogP contribution in [0.3, 0.4) is 0 Å². The average Bonchev–Trinajstić information content (AvgIpc) is 3.29. The topological polar surface area (TPSA) is 72.4 Å². The predicted molar refractivity (Wildman–Crippen MR) is 117 cm³/mol. The molecule has 0 saturated carbocycles. The van der Waals surface area contributed by atoms with Crippen LogP contribution in [0.1, 0.15) is 19.3 Å². The Balaban J connectivity index is 1.35. The van der Waals surface area contributed by atoms with E-state index in [4.69, 9.17) is 31.0 Å². The van der Waals surface area contributed by atoms with E-state index in [0.29, 0.717) is 61.3 Å². The Bertz CT molecular complexity index is 1120. The molecule has 1 N–H and O–H groups in total. The molecule has 5 rings (SSSR count). The van der Waals surface area contributed by atoms with Gasteiger partial charge >= 0.3 is 0 Å². The zero-order valence-electron chi connectivity index (χ0n) is 17.2.